The van der Waals surface area contributed by atoms with Crippen LogP contribution in [0.2, 0.25) is 0 Å². The number of aromatic amines is 1. The number of aryl methyl sites for hydroxylation is 1. The molecule has 0 saturated carbocycles. The molecular weight excluding hydrogens is 217 g/mol. The van der Waals surface area contributed by atoms with E-state index in [9.17, 15) is 4.39 Å². The number of benzene rings is 1. The minimum Gasteiger partial charge on any atom is -0.313 e. The average Bonchev–Trinajstić information content (AvgIpc) is 2.78. The van der Waals surface area contributed by atoms with E-state index in [1.54, 1.807) is 19.2 Å². The highest BCUT2D eigenvalue weighted by atomic mass is 19.1. The minimum atomic E-state index is -0.179. The molecule has 0 amide bonds. The van der Waals surface area contributed by atoms with Crippen molar-refractivity contribution in [2.24, 2.45) is 0 Å². The Kier molecular flexibility index (Phi) is 3.54. The summed E-state index contributed by atoms with van der Waals surface area (Å²) >= 11 is 0. The van der Waals surface area contributed by atoms with Crippen LogP contribution in [0.15, 0.2) is 24.4 Å². The first-order valence-corrected chi connectivity index (χ1v) is 5.72. The summed E-state index contributed by atoms with van der Waals surface area (Å²) in [6, 6.07) is 5.09. The summed E-state index contributed by atoms with van der Waals surface area (Å²) in [6.07, 6.45) is 1.80. The maximum atomic E-state index is 13.2. The highest BCUT2D eigenvalue weighted by molar-refractivity contribution is 5.63. The molecule has 1 heterocycles. The first kappa shape index (κ1) is 11.8. The Morgan fingerprint density at radius 1 is 1.41 bits per heavy atom. The third-order valence-corrected chi connectivity index (χ3v) is 2.73. The zero-order chi connectivity index (χ0) is 12.3. The number of rotatable bonds is 4. The molecule has 0 unspecified atom stereocenters. The molecule has 0 saturated heterocycles. The number of aromatic nitrogens is 2. The van der Waals surface area contributed by atoms with Gasteiger partial charge in [-0.15, -0.1) is 0 Å². The van der Waals surface area contributed by atoms with Crippen molar-refractivity contribution in [2.75, 3.05) is 6.54 Å². The zero-order valence-electron chi connectivity index (χ0n) is 10.0. The number of nitrogens with one attached hydrogen (secondary N) is 2. The smallest absolute Gasteiger partial charge is 0.126 e. The van der Waals surface area contributed by atoms with Gasteiger partial charge in [0.2, 0.25) is 0 Å². The highest BCUT2D eigenvalue weighted by Crippen LogP contribution is 2.23. The molecule has 0 fully saturated rings. The molecule has 2 aromatic rings. The summed E-state index contributed by atoms with van der Waals surface area (Å²) in [5, 5.41) is 10.3. The van der Waals surface area contributed by atoms with Gasteiger partial charge in [0, 0.05) is 17.7 Å². The number of nitrogens with zero attached hydrogens (tertiary/aromatic N) is 1. The predicted molar refractivity (Wildman–Crippen MR) is 66.1 cm³/mol. The van der Waals surface area contributed by atoms with Gasteiger partial charge < -0.3 is 5.32 Å². The van der Waals surface area contributed by atoms with Crippen LogP contribution in [0.4, 0.5) is 4.39 Å². The van der Waals surface area contributed by atoms with E-state index in [-0.39, 0.29) is 5.82 Å². The number of hydrogen-bond acceptors (Lipinski definition) is 2. The Hall–Kier alpha value is -1.68. The van der Waals surface area contributed by atoms with Gasteiger partial charge in [0.25, 0.3) is 0 Å². The molecule has 0 aliphatic carbocycles. The minimum absolute atomic E-state index is 0.179. The molecule has 1 aromatic carbocycles. The lowest BCUT2D eigenvalue weighted by Crippen LogP contribution is -2.11. The molecule has 0 radical (unpaired) electrons. The normalized spacial score (nSPS) is 10.8. The summed E-state index contributed by atoms with van der Waals surface area (Å²) in [4.78, 5) is 0. The second kappa shape index (κ2) is 5.10. The largest absolute Gasteiger partial charge is 0.313 e. The van der Waals surface area contributed by atoms with E-state index < -0.39 is 0 Å². The van der Waals surface area contributed by atoms with Crippen molar-refractivity contribution < 1.29 is 4.39 Å². The number of halogens is 1. The van der Waals surface area contributed by atoms with Gasteiger partial charge in [-0.3, -0.25) is 5.10 Å². The van der Waals surface area contributed by atoms with Gasteiger partial charge in [0.15, 0.2) is 0 Å². The first-order chi connectivity index (χ1) is 8.22. The fourth-order valence-corrected chi connectivity index (χ4v) is 1.75. The summed E-state index contributed by atoms with van der Waals surface area (Å²) in [5.41, 5.74) is 3.66. The molecule has 2 rings (SSSR count). The lowest BCUT2D eigenvalue weighted by atomic mass is 10.1. The van der Waals surface area contributed by atoms with E-state index in [1.165, 1.54) is 6.07 Å². The summed E-state index contributed by atoms with van der Waals surface area (Å²) in [5.74, 6) is -0.179. The van der Waals surface area contributed by atoms with Gasteiger partial charge in [-0.05, 0) is 37.2 Å². The van der Waals surface area contributed by atoms with Crippen LogP contribution < -0.4 is 5.32 Å². The van der Waals surface area contributed by atoms with Crippen LogP contribution >= 0.6 is 0 Å². The monoisotopic (exact) mass is 233 g/mol. The Labute approximate surface area is 100 Å². The summed E-state index contributed by atoms with van der Waals surface area (Å²) in [7, 11) is 0. The van der Waals surface area contributed by atoms with Crippen LogP contribution in [0, 0.1) is 12.7 Å². The maximum absolute atomic E-state index is 13.2. The van der Waals surface area contributed by atoms with E-state index in [2.05, 4.69) is 22.4 Å². The van der Waals surface area contributed by atoms with Crippen LogP contribution in [0.5, 0.6) is 0 Å². The van der Waals surface area contributed by atoms with Crippen molar-refractivity contribution in [1.29, 1.82) is 0 Å². The van der Waals surface area contributed by atoms with Gasteiger partial charge in [0.05, 0.1) is 11.9 Å². The molecule has 4 heteroatoms. The molecule has 1 aromatic heterocycles. The third-order valence-electron chi connectivity index (χ3n) is 2.73. The summed E-state index contributed by atoms with van der Waals surface area (Å²) in [6.45, 7) is 5.49. The Morgan fingerprint density at radius 2 is 2.24 bits per heavy atom. The van der Waals surface area contributed by atoms with Gasteiger partial charge in [0.1, 0.15) is 5.82 Å². The third kappa shape index (κ3) is 2.53. The Bertz CT molecular complexity index is 505. The van der Waals surface area contributed by atoms with E-state index >= 15 is 0 Å². The highest BCUT2D eigenvalue weighted by Gasteiger charge is 2.08. The molecule has 0 aliphatic rings. The molecule has 3 nitrogen and oxygen atoms in total. The number of H-pyrrole nitrogens is 1. The predicted octanol–water partition coefficient (Wildman–Crippen LogP) is 2.63. The molecular formula is C13H16FN3. The van der Waals surface area contributed by atoms with Crippen LogP contribution in [0.3, 0.4) is 0 Å². The van der Waals surface area contributed by atoms with Crippen molar-refractivity contribution in [3.8, 4) is 11.3 Å². The molecule has 0 bridgehead atoms. The molecule has 17 heavy (non-hydrogen) atoms. The van der Waals surface area contributed by atoms with Crippen LogP contribution in [0.25, 0.3) is 11.3 Å². The maximum Gasteiger partial charge on any atom is 0.126 e. The van der Waals surface area contributed by atoms with Gasteiger partial charge in [-0.1, -0.05) is 6.92 Å². The van der Waals surface area contributed by atoms with Crippen molar-refractivity contribution >= 4 is 0 Å². The van der Waals surface area contributed by atoms with Crippen molar-refractivity contribution in [3.05, 3.63) is 41.3 Å². The van der Waals surface area contributed by atoms with E-state index in [1.807, 2.05) is 6.07 Å². The molecule has 0 atom stereocenters. The standard InChI is InChI=1S/C13H16FN3/c1-3-15-7-11-8-16-17-13(11)10-4-5-12(14)9(2)6-10/h4-6,8,15H,3,7H2,1-2H3,(H,16,17). The second-order valence-corrected chi connectivity index (χ2v) is 4.01. The lowest BCUT2D eigenvalue weighted by molar-refractivity contribution is 0.618. The molecule has 0 spiro atoms. The van der Waals surface area contributed by atoms with Crippen molar-refractivity contribution in [1.82, 2.24) is 15.5 Å². The lowest BCUT2D eigenvalue weighted by Gasteiger charge is -2.05. The van der Waals surface area contributed by atoms with Crippen molar-refractivity contribution in [3.63, 3.8) is 0 Å². The van der Waals surface area contributed by atoms with E-state index in [4.69, 9.17) is 0 Å². The molecule has 2 N–H and O–H groups in total. The molecule has 90 valence electrons. The topological polar surface area (TPSA) is 40.7 Å². The Balaban J connectivity index is 2.32. The van der Waals surface area contributed by atoms with Gasteiger partial charge >= 0.3 is 0 Å². The van der Waals surface area contributed by atoms with E-state index in [0.717, 1.165) is 29.9 Å². The Morgan fingerprint density at radius 3 is 2.94 bits per heavy atom. The van der Waals surface area contributed by atoms with Crippen LogP contribution in [-0.4, -0.2) is 16.7 Å². The zero-order valence-corrected chi connectivity index (χ0v) is 10.0. The van der Waals surface area contributed by atoms with E-state index in [0.29, 0.717) is 5.56 Å². The fraction of sp³-hybridized carbons (Fsp3) is 0.308. The van der Waals surface area contributed by atoms with Crippen molar-refractivity contribution in [2.45, 2.75) is 20.4 Å². The summed E-state index contributed by atoms with van der Waals surface area (Å²) < 4.78 is 13.2. The van der Waals surface area contributed by atoms with Gasteiger partial charge in [-0.25, -0.2) is 4.39 Å². The first-order valence-electron chi connectivity index (χ1n) is 5.72. The van der Waals surface area contributed by atoms with Crippen LogP contribution in [0.1, 0.15) is 18.1 Å². The molecule has 0 aliphatic heterocycles. The quantitative estimate of drug-likeness (QED) is 0.852. The van der Waals surface area contributed by atoms with Crippen LogP contribution in [-0.2, 0) is 6.54 Å². The average molecular weight is 233 g/mol. The SMILES string of the molecule is CCNCc1cn[nH]c1-c1ccc(F)c(C)c1. The second-order valence-electron chi connectivity index (χ2n) is 4.01. The fourth-order valence-electron chi connectivity index (χ4n) is 1.75. The van der Waals surface area contributed by atoms with Gasteiger partial charge in [-0.2, -0.15) is 5.10 Å². The number of hydrogen-bond donors (Lipinski definition) is 2.